The molecule has 1 amide bonds. The van der Waals surface area contributed by atoms with Crippen LogP contribution in [0.25, 0.3) is 10.2 Å². The SMILES string of the molecule is CCc1ccc2nc(N3CCN(CCNC(=O)c4cc([N+](=O)[O-])ccc4Cl)CC3)sc2c1. The van der Waals surface area contributed by atoms with Crippen LogP contribution >= 0.6 is 22.9 Å². The number of hydrogen-bond donors (Lipinski definition) is 1. The molecule has 4 rings (SSSR count). The molecule has 1 aromatic heterocycles. The van der Waals surface area contributed by atoms with Crippen molar-refractivity contribution in [3.05, 3.63) is 62.7 Å². The lowest BCUT2D eigenvalue weighted by atomic mass is 10.2. The Morgan fingerprint density at radius 3 is 2.72 bits per heavy atom. The van der Waals surface area contributed by atoms with Gasteiger partial charge in [0.25, 0.3) is 11.6 Å². The van der Waals surface area contributed by atoms with Crippen LogP contribution in [0.5, 0.6) is 0 Å². The molecule has 0 unspecified atom stereocenters. The van der Waals surface area contributed by atoms with Crippen molar-refractivity contribution < 1.29 is 9.72 Å². The third kappa shape index (κ3) is 5.01. The number of thiazole rings is 1. The van der Waals surface area contributed by atoms with Gasteiger partial charge >= 0.3 is 0 Å². The number of non-ortho nitro benzene ring substituents is 1. The number of anilines is 1. The van der Waals surface area contributed by atoms with Crippen molar-refractivity contribution in [3.8, 4) is 0 Å². The fraction of sp³-hybridized carbons (Fsp3) is 0.364. The molecule has 0 spiro atoms. The maximum Gasteiger partial charge on any atom is 0.270 e. The highest BCUT2D eigenvalue weighted by molar-refractivity contribution is 7.22. The van der Waals surface area contributed by atoms with E-state index in [-0.39, 0.29) is 16.3 Å². The molecule has 0 aliphatic carbocycles. The summed E-state index contributed by atoms with van der Waals surface area (Å²) in [7, 11) is 0. The molecule has 3 aromatic rings. The van der Waals surface area contributed by atoms with E-state index in [4.69, 9.17) is 16.6 Å². The van der Waals surface area contributed by atoms with Gasteiger partial charge in [-0.25, -0.2) is 4.98 Å². The highest BCUT2D eigenvalue weighted by Gasteiger charge is 2.20. The minimum Gasteiger partial charge on any atom is -0.351 e. The van der Waals surface area contributed by atoms with Crippen LogP contribution in [-0.2, 0) is 6.42 Å². The quantitative estimate of drug-likeness (QED) is 0.412. The van der Waals surface area contributed by atoms with Crippen LogP contribution in [0.3, 0.4) is 0 Å². The highest BCUT2D eigenvalue weighted by Crippen LogP contribution is 2.30. The Balaban J connectivity index is 1.27. The van der Waals surface area contributed by atoms with E-state index in [2.05, 4.69) is 40.2 Å². The Hall–Kier alpha value is -2.75. The first-order valence-corrected chi connectivity index (χ1v) is 11.7. The fourth-order valence-corrected chi connectivity index (χ4v) is 4.98. The number of carbonyl (C=O) groups is 1. The van der Waals surface area contributed by atoms with E-state index in [0.29, 0.717) is 13.1 Å². The van der Waals surface area contributed by atoms with Crippen LogP contribution in [0.15, 0.2) is 36.4 Å². The molecule has 0 radical (unpaired) electrons. The third-order valence-corrected chi connectivity index (χ3v) is 7.02. The number of rotatable bonds is 7. The van der Waals surface area contributed by atoms with Crippen LogP contribution in [-0.4, -0.2) is 60.0 Å². The lowest BCUT2D eigenvalue weighted by Crippen LogP contribution is -2.48. The molecule has 1 saturated heterocycles. The van der Waals surface area contributed by atoms with E-state index in [1.54, 1.807) is 11.3 Å². The van der Waals surface area contributed by atoms with Crippen molar-refractivity contribution in [2.24, 2.45) is 0 Å². The van der Waals surface area contributed by atoms with E-state index >= 15 is 0 Å². The molecular formula is C22H24ClN5O3S. The van der Waals surface area contributed by atoms with E-state index in [0.717, 1.165) is 43.2 Å². The average molecular weight is 474 g/mol. The number of amides is 1. The zero-order valence-corrected chi connectivity index (χ0v) is 19.3. The monoisotopic (exact) mass is 473 g/mol. The van der Waals surface area contributed by atoms with Crippen molar-refractivity contribution in [2.45, 2.75) is 13.3 Å². The van der Waals surface area contributed by atoms with Gasteiger partial charge in [0.05, 0.1) is 25.7 Å². The van der Waals surface area contributed by atoms with Gasteiger partial charge < -0.3 is 10.2 Å². The number of benzene rings is 2. The molecule has 0 saturated carbocycles. The Morgan fingerprint density at radius 1 is 1.22 bits per heavy atom. The average Bonchev–Trinajstić information content (AvgIpc) is 3.22. The first kappa shape index (κ1) is 22.4. The Labute approximate surface area is 194 Å². The Bertz CT molecular complexity index is 1140. The second kappa shape index (κ2) is 9.81. The van der Waals surface area contributed by atoms with Crippen LogP contribution in [0, 0.1) is 10.1 Å². The smallest absolute Gasteiger partial charge is 0.270 e. The van der Waals surface area contributed by atoms with E-state index in [1.165, 1.54) is 28.5 Å². The number of aromatic nitrogens is 1. The van der Waals surface area contributed by atoms with Gasteiger partial charge in [-0.1, -0.05) is 35.9 Å². The Kier molecular flexibility index (Phi) is 6.88. The number of fused-ring (bicyclic) bond motifs is 1. The number of piperazine rings is 1. The minimum absolute atomic E-state index is 0.118. The summed E-state index contributed by atoms with van der Waals surface area (Å²) in [6, 6.07) is 10.3. The zero-order chi connectivity index (χ0) is 22.7. The van der Waals surface area contributed by atoms with Crippen molar-refractivity contribution in [1.82, 2.24) is 15.2 Å². The molecule has 1 N–H and O–H groups in total. The number of nitrogens with one attached hydrogen (secondary N) is 1. The summed E-state index contributed by atoms with van der Waals surface area (Å²) in [6.45, 7) is 6.82. The van der Waals surface area contributed by atoms with E-state index < -0.39 is 10.8 Å². The lowest BCUT2D eigenvalue weighted by molar-refractivity contribution is -0.384. The summed E-state index contributed by atoms with van der Waals surface area (Å²) in [5, 5.41) is 15.0. The largest absolute Gasteiger partial charge is 0.351 e. The van der Waals surface area contributed by atoms with Crippen LogP contribution in [0.4, 0.5) is 10.8 Å². The van der Waals surface area contributed by atoms with Gasteiger partial charge in [-0.15, -0.1) is 0 Å². The van der Waals surface area contributed by atoms with Gasteiger partial charge in [0, 0.05) is 51.4 Å². The molecule has 0 bridgehead atoms. The standard InChI is InChI=1S/C22H24ClN5O3S/c1-2-15-3-6-19-20(13-15)32-22(25-19)27-11-9-26(10-12-27)8-7-24-21(29)17-14-16(28(30)31)4-5-18(17)23/h3-6,13-14H,2,7-12H2,1H3,(H,24,29). The highest BCUT2D eigenvalue weighted by atomic mass is 35.5. The summed E-state index contributed by atoms with van der Waals surface area (Å²) in [4.78, 5) is 32.2. The first-order chi connectivity index (χ1) is 15.4. The topological polar surface area (TPSA) is 91.6 Å². The van der Waals surface area contributed by atoms with Gasteiger partial charge in [-0.3, -0.25) is 19.8 Å². The molecular weight excluding hydrogens is 450 g/mol. The van der Waals surface area contributed by atoms with E-state index in [9.17, 15) is 14.9 Å². The van der Waals surface area contributed by atoms with Crippen LogP contribution in [0.1, 0.15) is 22.8 Å². The number of hydrogen-bond acceptors (Lipinski definition) is 7. The summed E-state index contributed by atoms with van der Waals surface area (Å²) < 4.78 is 1.23. The van der Waals surface area contributed by atoms with Crippen LogP contribution < -0.4 is 10.2 Å². The molecule has 2 aromatic carbocycles. The van der Waals surface area contributed by atoms with Crippen LogP contribution in [0.2, 0.25) is 5.02 Å². The second-order valence-electron chi connectivity index (χ2n) is 7.66. The molecule has 1 aliphatic heterocycles. The van der Waals surface area contributed by atoms with Gasteiger partial charge in [0.15, 0.2) is 5.13 Å². The van der Waals surface area contributed by atoms with E-state index in [1.807, 2.05) is 0 Å². The van der Waals surface area contributed by atoms with Gasteiger partial charge in [-0.05, 0) is 30.2 Å². The molecule has 2 heterocycles. The molecule has 0 atom stereocenters. The summed E-state index contributed by atoms with van der Waals surface area (Å²) in [6.07, 6.45) is 1.02. The molecule has 32 heavy (non-hydrogen) atoms. The third-order valence-electron chi connectivity index (χ3n) is 5.61. The number of carbonyl (C=O) groups excluding carboxylic acids is 1. The summed E-state index contributed by atoms with van der Waals surface area (Å²) >= 11 is 7.78. The van der Waals surface area contributed by atoms with Gasteiger partial charge in [0.2, 0.25) is 0 Å². The molecule has 168 valence electrons. The lowest BCUT2D eigenvalue weighted by Gasteiger charge is -2.34. The number of nitro groups is 1. The summed E-state index contributed by atoms with van der Waals surface area (Å²) in [5.74, 6) is -0.404. The number of aryl methyl sites for hydroxylation is 1. The van der Waals surface area contributed by atoms with Crippen molar-refractivity contribution in [1.29, 1.82) is 0 Å². The second-order valence-corrected chi connectivity index (χ2v) is 9.07. The van der Waals surface area contributed by atoms with Gasteiger partial charge in [-0.2, -0.15) is 0 Å². The zero-order valence-electron chi connectivity index (χ0n) is 17.7. The predicted molar refractivity (Wildman–Crippen MR) is 128 cm³/mol. The number of halogens is 1. The predicted octanol–water partition coefficient (Wildman–Crippen LogP) is 3.97. The molecule has 1 aliphatic rings. The molecule has 10 heteroatoms. The Morgan fingerprint density at radius 2 is 2.00 bits per heavy atom. The van der Waals surface area contributed by atoms with Crippen molar-refractivity contribution in [2.75, 3.05) is 44.2 Å². The normalized spacial score (nSPS) is 14.6. The number of nitro benzene ring substituents is 1. The maximum absolute atomic E-state index is 12.4. The first-order valence-electron chi connectivity index (χ1n) is 10.5. The number of nitrogens with zero attached hydrogens (tertiary/aromatic N) is 4. The molecule has 1 fully saturated rings. The maximum atomic E-state index is 12.4. The van der Waals surface area contributed by atoms with Crippen molar-refractivity contribution in [3.63, 3.8) is 0 Å². The van der Waals surface area contributed by atoms with Gasteiger partial charge in [0.1, 0.15) is 0 Å². The fourth-order valence-electron chi connectivity index (χ4n) is 3.70. The van der Waals surface area contributed by atoms with Crippen molar-refractivity contribution >= 4 is 49.9 Å². The summed E-state index contributed by atoms with van der Waals surface area (Å²) in [5.41, 5.74) is 2.34. The minimum atomic E-state index is -0.541. The molecule has 8 nitrogen and oxygen atoms in total.